The first-order valence-electron chi connectivity index (χ1n) is 4.11. The molecule has 0 aliphatic rings. The Morgan fingerprint density at radius 2 is 1.50 bits per heavy atom. The molecule has 0 aromatic heterocycles. The normalized spacial score (nSPS) is 14.8. The van der Waals surface area contributed by atoms with Gasteiger partial charge < -0.3 is 14.2 Å². The summed E-state index contributed by atoms with van der Waals surface area (Å²) in [5.74, 6) is 0. The molecule has 0 spiro atoms. The molecule has 0 N–H and O–H groups in total. The van der Waals surface area contributed by atoms with Crippen molar-refractivity contribution in [2.75, 3.05) is 34.5 Å². The van der Waals surface area contributed by atoms with Crippen LogP contribution in [0.2, 0.25) is 0 Å². The number of hydrogen-bond donors (Lipinski definition) is 0. The molecule has 0 aromatic rings. The fourth-order valence-corrected chi connectivity index (χ4v) is 1.22. The van der Waals surface area contributed by atoms with Gasteiger partial charge in [-0.2, -0.15) is 0 Å². The summed E-state index contributed by atoms with van der Waals surface area (Å²) < 4.78 is 15.5. The van der Waals surface area contributed by atoms with E-state index in [0.29, 0.717) is 13.2 Å². The van der Waals surface area contributed by atoms with Gasteiger partial charge in [0.15, 0.2) is 0 Å². The zero-order valence-electron chi connectivity index (χ0n) is 8.72. The Kier molecular flexibility index (Phi) is 5.46. The lowest BCUT2D eigenvalue weighted by Crippen LogP contribution is -2.39. The van der Waals surface area contributed by atoms with Gasteiger partial charge in [0, 0.05) is 26.7 Å². The second-order valence-corrected chi connectivity index (χ2v) is 3.40. The van der Waals surface area contributed by atoms with Gasteiger partial charge in [0.25, 0.3) is 0 Å². The monoisotopic (exact) mass is 176 g/mol. The number of rotatable bonds is 6. The molecule has 12 heavy (non-hydrogen) atoms. The first-order valence-corrected chi connectivity index (χ1v) is 4.11. The van der Waals surface area contributed by atoms with Crippen molar-refractivity contribution in [1.29, 1.82) is 0 Å². The van der Waals surface area contributed by atoms with Crippen LogP contribution in [0.1, 0.15) is 13.8 Å². The Balaban J connectivity index is 4.15. The summed E-state index contributed by atoms with van der Waals surface area (Å²) in [5, 5.41) is 0. The van der Waals surface area contributed by atoms with Gasteiger partial charge in [-0.15, -0.1) is 0 Å². The van der Waals surface area contributed by atoms with Crippen molar-refractivity contribution in [3.63, 3.8) is 0 Å². The van der Waals surface area contributed by atoms with Crippen molar-refractivity contribution in [3.8, 4) is 0 Å². The second kappa shape index (κ2) is 5.51. The molecule has 0 aromatic carbocycles. The molecule has 0 amide bonds. The van der Waals surface area contributed by atoms with Crippen LogP contribution >= 0.6 is 0 Å². The minimum atomic E-state index is -0.0573. The van der Waals surface area contributed by atoms with E-state index in [-0.39, 0.29) is 11.5 Å². The third-order valence-corrected chi connectivity index (χ3v) is 2.28. The summed E-state index contributed by atoms with van der Waals surface area (Å²) in [6.45, 7) is 5.41. The van der Waals surface area contributed by atoms with E-state index >= 15 is 0 Å². The molecule has 0 rings (SSSR count). The summed E-state index contributed by atoms with van der Waals surface area (Å²) in [6.07, 6.45) is 0.136. The molecule has 0 saturated carbocycles. The molecule has 0 fully saturated rings. The minimum Gasteiger partial charge on any atom is -0.384 e. The lowest BCUT2D eigenvalue weighted by molar-refractivity contribution is -0.0718. The van der Waals surface area contributed by atoms with Gasteiger partial charge in [0.2, 0.25) is 0 Å². The predicted octanol–water partition coefficient (Wildman–Crippen LogP) is 1.32. The predicted molar refractivity (Wildman–Crippen MR) is 48.3 cm³/mol. The van der Waals surface area contributed by atoms with Gasteiger partial charge in [-0.05, 0) is 6.92 Å². The van der Waals surface area contributed by atoms with Crippen LogP contribution in [0.25, 0.3) is 0 Å². The van der Waals surface area contributed by atoms with E-state index < -0.39 is 0 Å². The standard InChI is InChI=1S/C9H20O3/c1-8(12-5)9(2,6-10-3)7-11-4/h8H,6-7H2,1-5H3. The molecule has 0 aliphatic carbocycles. The van der Waals surface area contributed by atoms with Gasteiger partial charge in [-0.3, -0.25) is 0 Å². The van der Waals surface area contributed by atoms with Gasteiger partial charge >= 0.3 is 0 Å². The van der Waals surface area contributed by atoms with E-state index in [0.717, 1.165) is 0 Å². The zero-order valence-corrected chi connectivity index (χ0v) is 8.72. The Bertz CT molecular complexity index is 108. The topological polar surface area (TPSA) is 27.7 Å². The summed E-state index contributed by atoms with van der Waals surface area (Å²) in [4.78, 5) is 0. The number of ether oxygens (including phenoxy) is 3. The van der Waals surface area contributed by atoms with Gasteiger partial charge in [-0.1, -0.05) is 6.92 Å². The van der Waals surface area contributed by atoms with Crippen molar-refractivity contribution in [3.05, 3.63) is 0 Å². The molecule has 3 heteroatoms. The Morgan fingerprint density at radius 1 is 1.08 bits per heavy atom. The Hall–Kier alpha value is -0.120. The SMILES string of the molecule is COCC(C)(COC)C(C)OC. The van der Waals surface area contributed by atoms with E-state index in [1.807, 2.05) is 6.92 Å². The summed E-state index contributed by atoms with van der Waals surface area (Å²) >= 11 is 0. The molecule has 0 bridgehead atoms. The molecule has 0 heterocycles. The maximum atomic E-state index is 5.26. The first kappa shape index (κ1) is 11.9. The van der Waals surface area contributed by atoms with Crippen molar-refractivity contribution in [2.24, 2.45) is 5.41 Å². The fraction of sp³-hybridized carbons (Fsp3) is 1.00. The smallest absolute Gasteiger partial charge is 0.0640 e. The Morgan fingerprint density at radius 3 is 1.75 bits per heavy atom. The van der Waals surface area contributed by atoms with Gasteiger partial charge in [0.1, 0.15) is 0 Å². The lowest BCUT2D eigenvalue weighted by Gasteiger charge is -2.33. The largest absolute Gasteiger partial charge is 0.384 e. The number of methoxy groups -OCH3 is 3. The second-order valence-electron chi connectivity index (χ2n) is 3.40. The van der Waals surface area contributed by atoms with Crippen LogP contribution < -0.4 is 0 Å². The first-order chi connectivity index (χ1) is 5.60. The van der Waals surface area contributed by atoms with E-state index in [4.69, 9.17) is 14.2 Å². The van der Waals surface area contributed by atoms with Gasteiger partial charge in [0.05, 0.1) is 19.3 Å². The van der Waals surface area contributed by atoms with E-state index in [9.17, 15) is 0 Å². The van der Waals surface area contributed by atoms with Crippen LogP contribution in [0.3, 0.4) is 0 Å². The van der Waals surface area contributed by atoms with Crippen molar-refractivity contribution in [2.45, 2.75) is 20.0 Å². The van der Waals surface area contributed by atoms with Crippen LogP contribution in [-0.2, 0) is 14.2 Å². The zero-order chi connectivity index (χ0) is 9.61. The van der Waals surface area contributed by atoms with E-state index in [1.54, 1.807) is 21.3 Å². The molecule has 0 saturated heterocycles. The molecule has 74 valence electrons. The van der Waals surface area contributed by atoms with E-state index in [2.05, 4.69) is 6.92 Å². The maximum absolute atomic E-state index is 5.26. The van der Waals surface area contributed by atoms with Crippen LogP contribution in [0.5, 0.6) is 0 Å². The molecular formula is C9H20O3. The molecule has 0 radical (unpaired) electrons. The highest BCUT2D eigenvalue weighted by atomic mass is 16.5. The maximum Gasteiger partial charge on any atom is 0.0640 e. The highest BCUT2D eigenvalue weighted by Gasteiger charge is 2.31. The molecule has 0 aliphatic heterocycles. The highest BCUT2D eigenvalue weighted by Crippen LogP contribution is 2.24. The van der Waals surface area contributed by atoms with Crippen molar-refractivity contribution >= 4 is 0 Å². The van der Waals surface area contributed by atoms with Crippen LogP contribution in [0.15, 0.2) is 0 Å². The molecule has 1 unspecified atom stereocenters. The third kappa shape index (κ3) is 3.09. The van der Waals surface area contributed by atoms with Crippen molar-refractivity contribution in [1.82, 2.24) is 0 Å². The van der Waals surface area contributed by atoms with Gasteiger partial charge in [-0.25, -0.2) is 0 Å². The van der Waals surface area contributed by atoms with Crippen LogP contribution in [-0.4, -0.2) is 40.6 Å². The van der Waals surface area contributed by atoms with Crippen molar-refractivity contribution < 1.29 is 14.2 Å². The Labute approximate surface area is 75.0 Å². The number of hydrogen-bond acceptors (Lipinski definition) is 3. The lowest BCUT2D eigenvalue weighted by atomic mass is 9.87. The molecular weight excluding hydrogens is 156 g/mol. The van der Waals surface area contributed by atoms with E-state index in [1.165, 1.54) is 0 Å². The molecule has 3 nitrogen and oxygen atoms in total. The average Bonchev–Trinajstić information content (AvgIpc) is 2.04. The summed E-state index contributed by atoms with van der Waals surface area (Å²) in [6, 6.07) is 0. The summed E-state index contributed by atoms with van der Waals surface area (Å²) in [7, 11) is 5.08. The minimum absolute atomic E-state index is 0.0573. The fourth-order valence-electron chi connectivity index (χ4n) is 1.22. The summed E-state index contributed by atoms with van der Waals surface area (Å²) in [5.41, 5.74) is -0.0573. The highest BCUT2D eigenvalue weighted by molar-refractivity contribution is 4.80. The average molecular weight is 176 g/mol. The molecule has 1 atom stereocenters. The quantitative estimate of drug-likeness (QED) is 0.611. The van der Waals surface area contributed by atoms with Crippen LogP contribution in [0, 0.1) is 5.41 Å². The third-order valence-electron chi connectivity index (χ3n) is 2.28. The van der Waals surface area contributed by atoms with Crippen LogP contribution in [0.4, 0.5) is 0 Å².